The summed E-state index contributed by atoms with van der Waals surface area (Å²) in [5.74, 6) is 3.43. The minimum Gasteiger partial charge on any atom is -0.306 e. The Hall–Kier alpha value is -1.66. The second-order valence-corrected chi connectivity index (χ2v) is 5.16. The van der Waals surface area contributed by atoms with E-state index in [2.05, 4.69) is 10.4 Å². The Morgan fingerprint density at radius 3 is 2.47 bits per heavy atom. The lowest BCUT2D eigenvalue weighted by Gasteiger charge is -2.08. The highest BCUT2D eigenvalue weighted by Crippen LogP contribution is 2.31. The second kappa shape index (κ2) is 5.54. The Labute approximate surface area is 114 Å². The van der Waals surface area contributed by atoms with Gasteiger partial charge in [0, 0.05) is 11.0 Å². The van der Waals surface area contributed by atoms with E-state index in [1.54, 1.807) is 0 Å². The number of halogens is 2. The van der Waals surface area contributed by atoms with Crippen LogP contribution in [0.15, 0.2) is 34.2 Å². The lowest BCUT2D eigenvalue weighted by atomic mass is 10.1. The number of nitrogen functional groups attached to an aromatic ring is 1. The molecule has 3 nitrogen and oxygen atoms in total. The average Bonchev–Trinajstić information content (AvgIpc) is 2.37. The molecule has 0 bridgehead atoms. The molecule has 6 heteroatoms. The number of nitrogens with zero attached hydrogens (tertiary/aromatic N) is 1. The Morgan fingerprint density at radius 2 is 1.84 bits per heavy atom. The standard InChI is InChI=1S/C13H13F2N3S/c1-7-3-4-9(5-8(7)2)19-13-11(15)6-10(14)12(17-13)18-16/h3-6H,16H2,1-2H3,(H,17,18). The summed E-state index contributed by atoms with van der Waals surface area (Å²) in [5, 5.41) is 0.0811. The van der Waals surface area contributed by atoms with Crippen LogP contribution in [-0.4, -0.2) is 4.98 Å². The predicted octanol–water partition coefficient (Wildman–Crippen LogP) is 3.41. The average molecular weight is 281 g/mol. The Bertz CT molecular complexity index is 617. The van der Waals surface area contributed by atoms with Crippen molar-refractivity contribution < 1.29 is 8.78 Å². The topological polar surface area (TPSA) is 50.9 Å². The van der Waals surface area contributed by atoms with Gasteiger partial charge in [-0.15, -0.1) is 0 Å². The third-order valence-corrected chi connectivity index (χ3v) is 3.70. The van der Waals surface area contributed by atoms with Crippen LogP contribution >= 0.6 is 11.8 Å². The monoisotopic (exact) mass is 281 g/mol. The quantitative estimate of drug-likeness (QED) is 0.668. The highest BCUT2D eigenvalue weighted by atomic mass is 32.2. The fourth-order valence-corrected chi connectivity index (χ4v) is 2.40. The van der Waals surface area contributed by atoms with Crippen LogP contribution in [0.25, 0.3) is 0 Å². The van der Waals surface area contributed by atoms with Crippen molar-refractivity contribution >= 4 is 17.6 Å². The van der Waals surface area contributed by atoms with Crippen LogP contribution in [0, 0.1) is 25.5 Å². The number of pyridine rings is 1. The van der Waals surface area contributed by atoms with Crippen LogP contribution in [0.1, 0.15) is 11.1 Å². The number of hydrogen-bond acceptors (Lipinski definition) is 4. The maximum Gasteiger partial charge on any atom is 0.177 e. The Morgan fingerprint density at radius 1 is 1.11 bits per heavy atom. The molecule has 0 aliphatic heterocycles. The molecule has 0 fully saturated rings. The fraction of sp³-hybridized carbons (Fsp3) is 0.154. The molecule has 1 heterocycles. The van der Waals surface area contributed by atoms with E-state index in [0.717, 1.165) is 33.9 Å². The van der Waals surface area contributed by atoms with Crippen molar-refractivity contribution in [2.75, 3.05) is 5.43 Å². The summed E-state index contributed by atoms with van der Waals surface area (Å²) in [5.41, 5.74) is 4.36. The van der Waals surface area contributed by atoms with Gasteiger partial charge in [-0.25, -0.2) is 19.6 Å². The van der Waals surface area contributed by atoms with Gasteiger partial charge >= 0.3 is 0 Å². The van der Waals surface area contributed by atoms with Crippen LogP contribution in [0.5, 0.6) is 0 Å². The smallest absolute Gasteiger partial charge is 0.177 e. The number of aryl methyl sites for hydroxylation is 2. The zero-order valence-corrected chi connectivity index (χ0v) is 11.3. The van der Waals surface area contributed by atoms with Gasteiger partial charge in [-0.1, -0.05) is 17.8 Å². The summed E-state index contributed by atoms with van der Waals surface area (Å²) in [6.45, 7) is 3.97. The van der Waals surface area contributed by atoms with E-state index in [-0.39, 0.29) is 10.8 Å². The summed E-state index contributed by atoms with van der Waals surface area (Å²) in [6.07, 6.45) is 0. The molecule has 1 aromatic heterocycles. The van der Waals surface area contributed by atoms with E-state index in [4.69, 9.17) is 5.84 Å². The summed E-state index contributed by atoms with van der Waals surface area (Å²) in [6, 6.07) is 6.51. The molecule has 3 N–H and O–H groups in total. The van der Waals surface area contributed by atoms with Crippen molar-refractivity contribution in [1.29, 1.82) is 0 Å². The van der Waals surface area contributed by atoms with Crippen LogP contribution in [0.2, 0.25) is 0 Å². The van der Waals surface area contributed by atoms with E-state index >= 15 is 0 Å². The number of rotatable bonds is 3. The van der Waals surface area contributed by atoms with Crippen LogP contribution in [-0.2, 0) is 0 Å². The van der Waals surface area contributed by atoms with Gasteiger partial charge in [-0.05, 0) is 37.1 Å². The first-order valence-electron chi connectivity index (χ1n) is 5.59. The van der Waals surface area contributed by atoms with Crippen LogP contribution in [0.4, 0.5) is 14.6 Å². The third-order valence-electron chi connectivity index (χ3n) is 2.73. The largest absolute Gasteiger partial charge is 0.306 e. The molecule has 0 aliphatic carbocycles. The summed E-state index contributed by atoms with van der Waals surface area (Å²) < 4.78 is 26.9. The Kier molecular flexibility index (Phi) is 4.01. The van der Waals surface area contributed by atoms with E-state index in [0.29, 0.717) is 0 Å². The van der Waals surface area contributed by atoms with Crippen molar-refractivity contribution in [3.05, 3.63) is 47.0 Å². The minimum absolute atomic E-state index is 0.0811. The van der Waals surface area contributed by atoms with Crippen LogP contribution in [0.3, 0.4) is 0 Å². The highest BCUT2D eigenvalue weighted by molar-refractivity contribution is 7.99. The van der Waals surface area contributed by atoms with Crippen molar-refractivity contribution in [3.63, 3.8) is 0 Å². The number of nitrogens with two attached hydrogens (primary N) is 1. The minimum atomic E-state index is -0.815. The first-order valence-corrected chi connectivity index (χ1v) is 6.40. The Balaban J connectivity index is 2.34. The molecule has 0 spiro atoms. The zero-order valence-electron chi connectivity index (χ0n) is 10.5. The number of nitrogens with one attached hydrogen (secondary N) is 1. The third kappa shape index (κ3) is 3.02. The fourth-order valence-electron chi connectivity index (χ4n) is 1.51. The molecule has 100 valence electrons. The van der Waals surface area contributed by atoms with Gasteiger partial charge in [-0.2, -0.15) is 0 Å². The van der Waals surface area contributed by atoms with Crippen molar-refractivity contribution in [2.24, 2.45) is 5.84 Å². The molecular formula is C13H13F2N3S. The van der Waals surface area contributed by atoms with Gasteiger partial charge < -0.3 is 5.43 Å². The van der Waals surface area contributed by atoms with E-state index in [1.807, 2.05) is 32.0 Å². The molecule has 0 atom stereocenters. The molecule has 0 radical (unpaired) electrons. The maximum absolute atomic E-state index is 13.6. The van der Waals surface area contributed by atoms with Crippen molar-refractivity contribution in [3.8, 4) is 0 Å². The lowest BCUT2D eigenvalue weighted by Crippen LogP contribution is -2.11. The van der Waals surface area contributed by atoms with E-state index < -0.39 is 11.6 Å². The molecule has 19 heavy (non-hydrogen) atoms. The number of hydrazine groups is 1. The van der Waals surface area contributed by atoms with Gasteiger partial charge in [0.2, 0.25) is 0 Å². The van der Waals surface area contributed by atoms with Gasteiger partial charge in [0.1, 0.15) is 5.03 Å². The number of anilines is 1. The van der Waals surface area contributed by atoms with Gasteiger partial charge in [0.25, 0.3) is 0 Å². The lowest BCUT2D eigenvalue weighted by molar-refractivity contribution is 0.551. The molecule has 2 rings (SSSR count). The summed E-state index contributed by atoms with van der Waals surface area (Å²) in [7, 11) is 0. The first-order chi connectivity index (χ1) is 9.01. The molecule has 0 saturated carbocycles. The SMILES string of the molecule is Cc1ccc(Sc2nc(NN)c(F)cc2F)cc1C. The normalized spacial score (nSPS) is 10.6. The number of aromatic nitrogens is 1. The molecular weight excluding hydrogens is 268 g/mol. The van der Waals surface area contributed by atoms with Gasteiger partial charge in [-0.3, -0.25) is 0 Å². The van der Waals surface area contributed by atoms with Gasteiger partial charge in [0.05, 0.1) is 0 Å². The maximum atomic E-state index is 13.6. The number of hydrogen-bond donors (Lipinski definition) is 2. The van der Waals surface area contributed by atoms with E-state index in [1.165, 1.54) is 0 Å². The van der Waals surface area contributed by atoms with Gasteiger partial charge in [0.15, 0.2) is 17.5 Å². The molecule has 0 saturated heterocycles. The molecule has 0 unspecified atom stereocenters. The number of benzene rings is 1. The highest BCUT2D eigenvalue weighted by Gasteiger charge is 2.12. The molecule has 0 aliphatic rings. The molecule has 1 aromatic carbocycles. The van der Waals surface area contributed by atoms with Crippen molar-refractivity contribution in [2.45, 2.75) is 23.8 Å². The summed E-state index contributed by atoms with van der Waals surface area (Å²) >= 11 is 1.13. The molecule has 2 aromatic rings. The van der Waals surface area contributed by atoms with E-state index in [9.17, 15) is 8.78 Å². The summed E-state index contributed by atoms with van der Waals surface area (Å²) in [4.78, 5) is 4.65. The van der Waals surface area contributed by atoms with Crippen molar-refractivity contribution in [1.82, 2.24) is 4.98 Å². The first kappa shape index (κ1) is 13.8. The zero-order chi connectivity index (χ0) is 14.0. The van der Waals surface area contributed by atoms with Crippen LogP contribution < -0.4 is 11.3 Å². The second-order valence-electron chi connectivity index (χ2n) is 4.10. The molecule has 0 amide bonds. The predicted molar refractivity (Wildman–Crippen MR) is 72.0 cm³/mol.